The summed E-state index contributed by atoms with van der Waals surface area (Å²) >= 11 is 13.6. The number of esters is 1. The fourth-order valence-corrected chi connectivity index (χ4v) is 3.51. The van der Waals surface area contributed by atoms with Crippen LogP contribution in [0.15, 0.2) is 47.6 Å². The number of benzene rings is 2. The molecule has 136 valence electrons. The highest BCUT2D eigenvalue weighted by Crippen LogP contribution is 2.28. The van der Waals surface area contributed by atoms with Gasteiger partial charge in [0.05, 0.1) is 24.6 Å². The maximum absolute atomic E-state index is 11.8. The van der Waals surface area contributed by atoms with E-state index >= 15 is 0 Å². The van der Waals surface area contributed by atoms with Crippen LogP contribution in [-0.4, -0.2) is 31.0 Å². The second-order valence-corrected chi connectivity index (χ2v) is 6.90. The number of carbonyl (C=O) groups excluding carboxylic acids is 2. The lowest BCUT2D eigenvalue weighted by Crippen LogP contribution is -2.19. The van der Waals surface area contributed by atoms with Crippen LogP contribution in [-0.2, 0) is 15.3 Å². The van der Waals surface area contributed by atoms with E-state index in [2.05, 4.69) is 15.3 Å². The number of rotatable bonds is 7. The Balaban J connectivity index is 1.78. The SMILES string of the molecule is COC(=O)c1ccc(/C=N\NC(=O)CSCc2c(Cl)cccc2Cl)cc1. The fraction of sp³-hybridized carbons (Fsp3) is 0.167. The van der Waals surface area contributed by atoms with Gasteiger partial charge in [0.2, 0.25) is 5.91 Å². The van der Waals surface area contributed by atoms with Crippen molar-refractivity contribution in [3.63, 3.8) is 0 Å². The minimum Gasteiger partial charge on any atom is -0.465 e. The average molecular weight is 411 g/mol. The number of nitrogens with zero attached hydrogens (tertiary/aromatic N) is 1. The lowest BCUT2D eigenvalue weighted by molar-refractivity contribution is -0.118. The Morgan fingerprint density at radius 1 is 1.15 bits per heavy atom. The minimum atomic E-state index is -0.405. The molecule has 0 aliphatic rings. The summed E-state index contributed by atoms with van der Waals surface area (Å²) in [4.78, 5) is 23.1. The standard InChI is InChI=1S/C18H16Cl2N2O3S/c1-25-18(24)13-7-5-12(6-8-13)9-21-22-17(23)11-26-10-14-15(19)3-2-4-16(14)20/h2-9H,10-11H2,1H3,(H,22,23)/b21-9-. The second kappa shape index (κ2) is 10.2. The molecule has 0 fully saturated rings. The zero-order valence-electron chi connectivity index (χ0n) is 13.9. The number of methoxy groups -OCH3 is 1. The molecule has 0 radical (unpaired) electrons. The Morgan fingerprint density at radius 2 is 1.81 bits per heavy atom. The first-order chi connectivity index (χ1) is 12.5. The first-order valence-corrected chi connectivity index (χ1v) is 9.43. The molecule has 0 unspecified atom stereocenters. The molecular weight excluding hydrogens is 395 g/mol. The number of hydrazone groups is 1. The zero-order valence-corrected chi connectivity index (χ0v) is 16.2. The minimum absolute atomic E-state index is 0.222. The first kappa shape index (κ1) is 20.3. The van der Waals surface area contributed by atoms with Crippen LogP contribution in [0, 0.1) is 0 Å². The highest BCUT2D eigenvalue weighted by atomic mass is 35.5. The third kappa shape index (κ3) is 6.05. The van der Waals surface area contributed by atoms with Gasteiger partial charge in [-0.2, -0.15) is 5.10 Å². The van der Waals surface area contributed by atoms with Crippen molar-refractivity contribution in [1.29, 1.82) is 0 Å². The second-order valence-electron chi connectivity index (χ2n) is 5.10. The Labute approximate surface area is 165 Å². The number of nitrogens with one attached hydrogen (secondary N) is 1. The first-order valence-electron chi connectivity index (χ1n) is 7.52. The molecule has 0 aliphatic carbocycles. The Bertz CT molecular complexity index is 790. The van der Waals surface area contributed by atoms with Gasteiger partial charge >= 0.3 is 5.97 Å². The van der Waals surface area contributed by atoms with E-state index in [0.717, 1.165) is 11.1 Å². The third-order valence-electron chi connectivity index (χ3n) is 3.28. The molecule has 0 bridgehead atoms. The fourth-order valence-electron chi connectivity index (χ4n) is 1.95. The maximum atomic E-state index is 11.8. The molecule has 2 aromatic rings. The summed E-state index contributed by atoms with van der Waals surface area (Å²) in [6, 6.07) is 12.0. The number of thioether (sulfide) groups is 1. The highest BCUT2D eigenvalue weighted by Gasteiger charge is 2.07. The lowest BCUT2D eigenvalue weighted by Gasteiger charge is -2.06. The number of carbonyl (C=O) groups is 2. The Hall–Kier alpha value is -2.02. The van der Waals surface area contributed by atoms with Gasteiger partial charge in [-0.1, -0.05) is 41.4 Å². The summed E-state index contributed by atoms with van der Waals surface area (Å²) in [5.74, 6) is 0.114. The van der Waals surface area contributed by atoms with Gasteiger partial charge in [-0.15, -0.1) is 11.8 Å². The zero-order chi connectivity index (χ0) is 18.9. The van der Waals surface area contributed by atoms with Crippen LogP contribution in [0.25, 0.3) is 0 Å². The monoisotopic (exact) mass is 410 g/mol. The van der Waals surface area contributed by atoms with Crippen molar-refractivity contribution < 1.29 is 14.3 Å². The summed E-state index contributed by atoms with van der Waals surface area (Å²) in [6.07, 6.45) is 1.49. The van der Waals surface area contributed by atoms with Crippen LogP contribution >= 0.6 is 35.0 Å². The van der Waals surface area contributed by atoms with Crippen molar-refractivity contribution in [2.75, 3.05) is 12.9 Å². The van der Waals surface area contributed by atoms with Gasteiger partial charge in [0.25, 0.3) is 0 Å². The van der Waals surface area contributed by atoms with Crippen molar-refractivity contribution in [3.05, 3.63) is 69.2 Å². The van der Waals surface area contributed by atoms with Crippen molar-refractivity contribution in [1.82, 2.24) is 5.43 Å². The van der Waals surface area contributed by atoms with Gasteiger partial charge in [-0.25, -0.2) is 10.2 Å². The van der Waals surface area contributed by atoms with Crippen molar-refractivity contribution >= 4 is 53.1 Å². The molecule has 26 heavy (non-hydrogen) atoms. The van der Waals surface area contributed by atoms with E-state index in [0.29, 0.717) is 21.4 Å². The van der Waals surface area contributed by atoms with E-state index in [1.54, 1.807) is 42.5 Å². The van der Waals surface area contributed by atoms with Crippen LogP contribution in [0.2, 0.25) is 10.0 Å². The van der Waals surface area contributed by atoms with Crippen molar-refractivity contribution in [3.8, 4) is 0 Å². The molecule has 0 aliphatic heterocycles. The van der Waals surface area contributed by atoms with Crippen LogP contribution in [0.3, 0.4) is 0 Å². The smallest absolute Gasteiger partial charge is 0.337 e. The highest BCUT2D eigenvalue weighted by molar-refractivity contribution is 7.99. The predicted octanol–water partition coefficient (Wildman–Crippen LogP) is 4.16. The molecule has 0 atom stereocenters. The third-order valence-corrected chi connectivity index (χ3v) is 4.94. The van der Waals surface area contributed by atoms with E-state index in [4.69, 9.17) is 23.2 Å². The normalized spacial score (nSPS) is 10.7. The van der Waals surface area contributed by atoms with Gasteiger partial charge in [0.15, 0.2) is 0 Å². The largest absolute Gasteiger partial charge is 0.465 e. The topological polar surface area (TPSA) is 67.8 Å². The summed E-state index contributed by atoms with van der Waals surface area (Å²) < 4.78 is 4.62. The summed E-state index contributed by atoms with van der Waals surface area (Å²) in [7, 11) is 1.32. The van der Waals surface area contributed by atoms with E-state index < -0.39 is 5.97 Å². The molecule has 5 nitrogen and oxygen atoms in total. The van der Waals surface area contributed by atoms with E-state index in [1.807, 2.05) is 0 Å². The van der Waals surface area contributed by atoms with Crippen LogP contribution in [0.1, 0.15) is 21.5 Å². The lowest BCUT2D eigenvalue weighted by atomic mass is 10.1. The van der Waals surface area contributed by atoms with Crippen molar-refractivity contribution in [2.24, 2.45) is 5.10 Å². The van der Waals surface area contributed by atoms with E-state index in [9.17, 15) is 9.59 Å². The average Bonchev–Trinajstić information content (AvgIpc) is 2.64. The summed E-state index contributed by atoms with van der Waals surface area (Å²) in [5.41, 5.74) is 4.45. The molecular formula is C18H16Cl2N2O3S. The van der Waals surface area contributed by atoms with E-state index in [-0.39, 0.29) is 11.7 Å². The molecule has 0 aromatic heterocycles. The Kier molecular flexibility index (Phi) is 7.97. The van der Waals surface area contributed by atoms with Gasteiger partial charge in [-0.05, 0) is 35.4 Å². The van der Waals surface area contributed by atoms with Gasteiger partial charge in [-0.3, -0.25) is 4.79 Å². The molecule has 0 saturated carbocycles. The molecule has 8 heteroatoms. The van der Waals surface area contributed by atoms with Crippen molar-refractivity contribution in [2.45, 2.75) is 5.75 Å². The number of hydrogen-bond donors (Lipinski definition) is 1. The molecule has 0 heterocycles. The molecule has 1 amide bonds. The number of ether oxygens (including phenoxy) is 1. The summed E-state index contributed by atoms with van der Waals surface area (Å²) in [5, 5.41) is 5.06. The number of hydrogen-bond acceptors (Lipinski definition) is 5. The predicted molar refractivity (Wildman–Crippen MR) is 106 cm³/mol. The van der Waals surface area contributed by atoms with Gasteiger partial charge < -0.3 is 4.74 Å². The molecule has 0 saturated heterocycles. The van der Waals surface area contributed by atoms with Crippen LogP contribution in [0.5, 0.6) is 0 Å². The van der Waals surface area contributed by atoms with Gasteiger partial charge in [0, 0.05) is 15.8 Å². The molecule has 1 N–H and O–H groups in total. The molecule has 2 rings (SSSR count). The number of halogens is 2. The summed E-state index contributed by atoms with van der Waals surface area (Å²) in [6.45, 7) is 0. The number of amides is 1. The molecule has 0 spiro atoms. The van der Waals surface area contributed by atoms with Crippen LogP contribution in [0.4, 0.5) is 0 Å². The quantitative estimate of drug-likeness (QED) is 0.422. The van der Waals surface area contributed by atoms with Gasteiger partial charge in [0.1, 0.15) is 0 Å². The maximum Gasteiger partial charge on any atom is 0.337 e. The Morgan fingerprint density at radius 3 is 2.42 bits per heavy atom. The van der Waals surface area contributed by atoms with Crippen LogP contribution < -0.4 is 5.43 Å². The molecule has 2 aromatic carbocycles. The van der Waals surface area contributed by atoms with E-state index in [1.165, 1.54) is 25.1 Å².